The van der Waals surface area contributed by atoms with E-state index in [1.165, 1.54) is 0 Å². The van der Waals surface area contributed by atoms with Gasteiger partial charge >= 0.3 is 0 Å². The maximum absolute atomic E-state index is 12.3. The molecule has 1 aromatic carbocycles. The van der Waals surface area contributed by atoms with Crippen molar-refractivity contribution < 1.29 is 4.79 Å². The summed E-state index contributed by atoms with van der Waals surface area (Å²) in [5, 5.41) is 6.44. The van der Waals surface area contributed by atoms with E-state index in [1.54, 1.807) is 0 Å². The Balaban J connectivity index is 2.93. The average molecular weight is 262 g/mol. The second-order valence-corrected chi connectivity index (χ2v) is 5.56. The van der Waals surface area contributed by atoms with Gasteiger partial charge in [0.2, 0.25) is 5.91 Å². The molecular weight excluding hydrogens is 236 g/mol. The fourth-order valence-electron chi connectivity index (χ4n) is 1.86. The van der Waals surface area contributed by atoms with Crippen molar-refractivity contribution in [2.75, 3.05) is 11.9 Å². The third-order valence-corrected chi connectivity index (χ3v) is 3.68. The van der Waals surface area contributed by atoms with Crippen LogP contribution in [0.3, 0.4) is 0 Å². The van der Waals surface area contributed by atoms with Gasteiger partial charge in [0.25, 0.3) is 0 Å². The number of carbonyl (C=O) groups excluding carboxylic acids is 1. The van der Waals surface area contributed by atoms with Gasteiger partial charge in [-0.05, 0) is 31.5 Å². The molecule has 0 aliphatic rings. The molecule has 0 heterocycles. The number of hydrogen-bond donors (Lipinski definition) is 2. The lowest BCUT2D eigenvalue weighted by Crippen LogP contribution is -2.31. The summed E-state index contributed by atoms with van der Waals surface area (Å²) in [5.41, 5.74) is 1.70. The molecule has 1 rings (SSSR count). The number of carbonyl (C=O) groups is 1. The molecule has 1 amide bonds. The molecule has 106 valence electrons. The standard InChI is InChI=1S/C16H26N2O/c1-6-16(4,5)15(19)18-14-11-9-8-10-13(14)12(3)17-7-2/h8-12,17H,6-7H2,1-5H3,(H,18,19). The lowest BCUT2D eigenvalue weighted by atomic mass is 9.89. The van der Waals surface area contributed by atoms with Crippen LogP contribution in [0.4, 0.5) is 5.69 Å². The number of nitrogens with one attached hydrogen (secondary N) is 2. The van der Waals surface area contributed by atoms with Crippen LogP contribution in [-0.2, 0) is 4.79 Å². The smallest absolute Gasteiger partial charge is 0.230 e. The van der Waals surface area contributed by atoms with Crippen LogP contribution >= 0.6 is 0 Å². The van der Waals surface area contributed by atoms with E-state index in [2.05, 4.69) is 30.5 Å². The van der Waals surface area contributed by atoms with E-state index in [9.17, 15) is 4.79 Å². The highest BCUT2D eigenvalue weighted by Gasteiger charge is 2.26. The van der Waals surface area contributed by atoms with Crippen molar-refractivity contribution in [2.45, 2.75) is 47.1 Å². The average Bonchev–Trinajstić information content (AvgIpc) is 2.39. The minimum atomic E-state index is -0.339. The predicted octanol–water partition coefficient (Wildman–Crippen LogP) is 3.73. The SMILES string of the molecule is CCNC(C)c1ccccc1NC(=O)C(C)(C)CC. The highest BCUT2D eigenvalue weighted by molar-refractivity contribution is 5.95. The fourth-order valence-corrected chi connectivity index (χ4v) is 1.86. The summed E-state index contributed by atoms with van der Waals surface area (Å²) < 4.78 is 0. The van der Waals surface area contributed by atoms with Crippen LogP contribution in [0.25, 0.3) is 0 Å². The van der Waals surface area contributed by atoms with Gasteiger partial charge in [-0.3, -0.25) is 4.79 Å². The zero-order chi connectivity index (χ0) is 14.5. The Labute approximate surface area is 116 Å². The van der Waals surface area contributed by atoms with Gasteiger partial charge in [0.1, 0.15) is 0 Å². The van der Waals surface area contributed by atoms with Crippen molar-refractivity contribution in [3.63, 3.8) is 0 Å². The Bertz CT molecular complexity index is 427. The van der Waals surface area contributed by atoms with Crippen LogP contribution in [-0.4, -0.2) is 12.5 Å². The molecule has 0 fully saturated rings. The third-order valence-electron chi connectivity index (χ3n) is 3.68. The summed E-state index contributed by atoms with van der Waals surface area (Å²) in [6.07, 6.45) is 0.823. The van der Waals surface area contributed by atoms with Crippen molar-refractivity contribution in [3.8, 4) is 0 Å². The number of rotatable bonds is 6. The molecule has 0 aliphatic carbocycles. The van der Waals surface area contributed by atoms with Gasteiger partial charge in [0, 0.05) is 17.1 Å². The van der Waals surface area contributed by atoms with Crippen LogP contribution in [0, 0.1) is 5.41 Å². The Morgan fingerprint density at radius 3 is 2.47 bits per heavy atom. The van der Waals surface area contributed by atoms with E-state index < -0.39 is 0 Å². The minimum Gasteiger partial charge on any atom is -0.325 e. The molecule has 2 N–H and O–H groups in total. The Morgan fingerprint density at radius 1 is 1.26 bits per heavy atom. The zero-order valence-electron chi connectivity index (χ0n) is 12.7. The van der Waals surface area contributed by atoms with E-state index in [4.69, 9.17) is 0 Å². The maximum Gasteiger partial charge on any atom is 0.230 e. The van der Waals surface area contributed by atoms with E-state index >= 15 is 0 Å². The Kier molecular flexibility index (Phi) is 5.55. The molecule has 19 heavy (non-hydrogen) atoms. The molecule has 3 nitrogen and oxygen atoms in total. The van der Waals surface area contributed by atoms with Crippen molar-refractivity contribution in [3.05, 3.63) is 29.8 Å². The van der Waals surface area contributed by atoms with Crippen LogP contribution < -0.4 is 10.6 Å². The first-order valence-electron chi connectivity index (χ1n) is 7.06. The molecule has 0 aromatic heterocycles. The quantitative estimate of drug-likeness (QED) is 0.820. The van der Waals surface area contributed by atoms with Crippen molar-refractivity contribution in [1.82, 2.24) is 5.32 Å². The Hall–Kier alpha value is -1.35. The number of anilines is 1. The number of para-hydroxylation sites is 1. The fraction of sp³-hybridized carbons (Fsp3) is 0.562. The lowest BCUT2D eigenvalue weighted by Gasteiger charge is -2.24. The summed E-state index contributed by atoms with van der Waals surface area (Å²) in [6, 6.07) is 8.21. The molecule has 0 spiro atoms. The second kappa shape index (κ2) is 6.71. The van der Waals surface area contributed by atoms with Crippen LogP contribution in [0.5, 0.6) is 0 Å². The van der Waals surface area contributed by atoms with Crippen LogP contribution in [0.1, 0.15) is 52.6 Å². The third kappa shape index (κ3) is 4.06. The zero-order valence-corrected chi connectivity index (χ0v) is 12.7. The largest absolute Gasteiger partial charge is 0.325 e. The normalized spacial score (nSPS) is 13.1. The molecular formula is C16H26N2O. The number of benzene rings is 1. The highest BCUT2D eigenvalue weighted by atomic mass is 16.2. The molecule has 3 heteroatoms. The molecule has 1 unspecified atom stereocenters. The maximum atomic E-state index is 12.3. The highest BCUT2D eigenvalue weighted by Crippen LogP contribution is 2.26. The van der Waals surface area contributed by atoms with Gasteiger partial charge in [-0.2, -0.15) is 0 Å². The van der Waals surface area contributed by atoms with Crippen LogP contribution in [0.2, 0.25) is 0 Å². The summed E-state index contributed by atoms with van der Waals surface area (Å²) >= 11 is 0. The minimum absolute atomic E-state index is 0.0751. The van der Waals surface area contributed by atoms with Crippen molar-refractivity contribution in [1.29, 1.82) is 0 Å². The van der Waals surface area contributed by atoms with Gasteiger partial charge < -0.3 is 10.6 Å². The molecule has 0 bridgehead atoms. The molecule has 1 aromatic rings. The molecule has 0 saturated heterocycles. The van der Waals surface area contributed by atoms with E-state index in [1.807, 2.05) is 39.0 Å². The van der Waals surface area contributed by atoms with Gasteiger partial charge in [-0.25, -0.2) is 0 Å². The van der Waals surface area contributed by atoms with Crippen molar-refractivity contribution in [2.24, 2.45) is 5.41 Å². The lowest BCUT2D eigenvalue weighted by molar-refractivity contribution is -0.124. The van der Waals surface area contributed by atoms with Crippen molar-refractivity contribution >= 4 is 11.6 Å². The second-order valence-electron chi connectivity index (χ2n) is 5.56. The summed E-state index contributed by atoms with van der Waals surface area (Å²) in [5.74, 6) is 0.0751. The number of amides is 1. The monoisotopic (exact) mass is 262 g/mol. The number of hydrogen-bond acceptors (Lipinski definition) is 2. The molecule has 0 aliphatic heterocycles. The van der Waals surface area contributed by atoms with Gasteiger partial charge in [0.05, 0.1) is 0 Å². The summed E-state index contributed by atoms with van der Waals surface area (Å²) in [7, 11) is 0. The van der Waals surface area contributed by atoms with Gasteiger partial charge in [-0.1, -0.05) is 45.9 Å². The summed E-state index contributed by atoms with van der Waals surface area (Å²) in [4.78, 5) is 12.3. The van der Waals surface area contributed by atoms with Crippen LogP contribution in [0.15, 0.2) is 24.3 Å². The van der Waals surface area contributed by atoms with Gasteiger partial charge in [0.15, 0.2) is 0 Å². The predicted molar refractivity (Wildman–Crippen MR) is 81.2 cm³/mol. The molecule has 0 saturated carbocycles. The first-order chi connectivity index (χ1) is 8.92. The summed E-state index contributed by atoms with van der Waals surface area (Å²) in [6.45, 7) is 11.1. The molecule has 1 atom stereocenters. The van der Waals surface area contributed by atoms with Gasteiger partial charge in [-0.15, -0.1) is 0 Å². The first-order valence-corrected chi connectivity index (χ1v) is 7.06. The van der Waals surface area contributed by atoms with E-state index in [0.717, 1.165) is 24.2 Å². The molecule has 0 radical (unpaired) electrons. The Morgan fingerprint density at radius 2 is 1.89 bits per heavy atom. The topological polar surface area (TPSA) is 41.1 Å². The van der Waals surface area contributed by atoms with E-state index in [-0.39, 0.29) is 17.4 Å². The van der Waals surface area contributed by atoms with E-state index in [0.29, 0.717) is 0 Å². The first kappa shape index (κ1) is 15.7.